The van der Waals surface area contributed by atoms with Crippen molar-refractivity contribution >= 4 is 23.5 Å². The molecule has 0 unspecified atom stereocenters. The lowest BCUT2D eigenvalue weighted by Crippen LogP contribution is -2.57. The zero-order valence-corrected chi connectivity index (χ0v) is 22.0. The number of nitrogens with zero attached hydrogens (tertiary/aromatic N) is 4. The average Bonchev–Trinajstić information content (AvgIpc) is 3.47. The Morgan fingerprint density at radius 3 is 2.00 bits per heavy atom. The van der Waals surface area contributed by atoms with Crippen LogP contribution in [-0.4, -0.2) is 95.2 Å². The van der Waals surface area contributed by atoms with Crippen molar-refractivity contribution in [3.63, 3.8) is 0 Å². The van der Waals surface area contributed by atoms with Gasteiger partial charge in [-0.2, -0.15) is 13.2 Å². The number of amides is 2. The van der Waals surface area contributed by atoms with Gasteiger partial charge in [0.05, 0.1) is 19.8 Å². The van der Waals surface area contributed by atoms with Crippen molar-refractivity contribution < 1.29 is 38.1 Å². The maximum Gasteiger partial charge on any atom is 0.451 e. The molecule has 220 valence electrons. The molecule has 11 nitrogen and oxygen atoms in total. The Morgan fingerprint density at radius 2 is 1.46 bits per heavy atom. The smallest absolute Gasteiger partial charge is 0.394 e. The number of carbonyl (C=O) groups is 2. The highest BCUT2D eigenvalue weighted by Gasteiger charge is 2.37. The van der Waals surface area contributed by atoms with E-state index in [-0.39, 0.29) is 25.3 Å². The van der Waals surface area contributed by atoms with Crippen molar-refractivity contribution in [3.05, 3.63) is 11.9 Å². The number of carbonyl (C=O) groups excluding carboxylic acids is 2. The Morgan fingerprint density at radius 1 is 0.897 bits per heavy atom. The summed E-state index contributed by atoms with van der Waals surface area (Å²) in [6.45, 7) is 0.759. The lowest BCUT2D eigenvalue weighted by molar-refractivity contribution is -0.144. The van der Waals surface area contributed by atoms with Crippen LogP contribution in [-0.2, 0) is 15.8 Å². The molecule has 2 saturated heterocycles. The summed E-state index contributed by atoms with van der Waals surface area (Å²) in [6.07, 6.45) is 0.500. The molecule has 1 aromatic rings. The Kier molecular flexibility index (Phi) is 11.1. The van der Waals surface area contributed by atoms with Crippen LogP contribution in [0.3, 0.4) is 0 Å². The van der Waals surface area contributed by atoms with Gasteiger partial charge in [-0.05, 0) is 44.4 Å². The summed E-state index contributed by atoms with van der Waals surface area (Å²) in [5, 5.41) is 32.8. The van der Waals surface area contributed by atoms with E-state index >= 15 is 0 Å². The molecule has 2 amide bonds. The molecule has 0 saturated carbocycles. The fourth-order valence-corrected chi connectivity index (χ4v) is 4.85. The fraction of sp³-hybridized carbons (Fsp3) is 0.760. The molecule has 0 aliphatic carbocycles. The van der Waals surface area contributed by atoms with Crippen molar-refractivity contribution in [2.75, 3.05) is 62.3 Å². The van der Waals surface area contributed by atoms with Crippen LogP contribution in [0.5, 0.6) is 0 Å². The summed E-state index contributed by atoms with van der Waals surface area (Å²) in [5.41, 5.74) is -1.50. The lowest BCUT2D eigenvalue weighted by atomic mass is 9.91. The van der Waals surface area contributed by atoms with E-state index in [1.165, 1.54) is 0 Å². The average molecular weight is 561 g/mol. The van der Waals surface area contributed by atoms with Crippen molar-refractivity contribution in [1.82, 2.24) is 20.6 Å². The van der Waals surface area contributed by atoms with Crippen molar-refractivity contribution in [3.8, 4) is 0 Å². The Bertz CT molecular complexity index is 940. The number of alkyl halides is 3. The zero-order chi connectivity index (χ0) is 28.5. The molecular weight excluding hydrogens is 521 g/mol. The minimum Gasteiger partial charge on any atom is -0.394 e. The zero-order valence-electron chi connectivity index (χ0n) is 22.0. The van der Waals surface area contributed by atoms with E-state index in [0.717, 1.165) is 32.1 Å². The van der Waals surface area contributed by atoms with Gasteiger partial charge < -0.3 is 35.8 Å². The van der Waals surface area contributed by atoms with Crippen LogP contribution < -0.4 is 20.4 Å². The van der Waals surface area contributed by atoms with Gasteiger partial charge in [0.1, 0.15) is 17.2 Å². The monoisotopic (exact) mass is 560 g/mol. The highest BCUT2D eigenvalue weighted by molar-refractivity contribution is 5.79. The Labute approximate surface area is 225 Å². The third kappa shape index (κ3) is 8.90. The molecule has 0 aromatic carbocycles. The molecule has 3 rings (SSSR count). The van der Waals surface area contributed by atoms with E-state index in [4.69, 9.17) is 0 Å². The fourth-order valence-electron chi connectivity index (χ4n) is 4.85. The largest absolute Gasteiger partial charge is 0.451 e. The van der Waals surface area contributed by atoms with Crippen LogP contribution in [0.4, 0.5) is 24.8 Å². The maximum atomic E-state index is 13.5. The number of halogens is 3. The number of aliphatic hydroxyl groups is 3. The molecule has 2 fully saturated rings. The third-order valence-electron chi connectivity index (χ3n) is 7.32. The summed E-state index contributed by atoms with van der Waals surface area (Å²) < 4.78 is 40.4. The van der Waals surface area contributed by atoms with E-state index in [1.54, 1.807) is 6.07 Å². The van der Waals surface area contributed by atoms with Gasteiger partial charge in [-0.15, -0.1) is 0 Å². The molecule has 0 bridgehead atoms. The molecule has 5 N–H and O–H groups in total. The van der Waals surface area contributed by atoms with Crippen molar-refractivity contribution in [1.29, 1.82) is 0 Å². The van der Waals surface area contributed by atoms with Gasteiger partial charge in [-0.3, -0.25) is 9.59 Å². The molecule has 0 radical (unpaired) electrons. The number of hydrogen-bond acceptors (Lipinski definition) is 9. The standard InChI is InChI=1S/C25H39F3N6O5/c26-25(27,28)23-30-19(33-10-1-2-11-33)14-20(31-23)34-12-7-18(8-13-34)4-3-5-21(38)29-9-6-22(39)32-24(15-35,16-36)17-37/h14,18,35-37H,1-13,15-17H2,(H,29,38)(H,32,39). The van der Waals surface area contributed by atoms with Gasteiger partial charge in [0.25, 0.3) is 0 Å². The van der Waals surface area contributed by atoms with Gasteiger partial charge in [-0.25, -0.2) is 9.97 Å². The Hall–Kier alpha value is -2.71. The molecule has 0 spiro atoms. The molecular formula is C25H39F3N6O5. The summed E-state index contributed by atoms with van der Waals surface area (Å²) in [4.78, 5) is 35.4. The first-order valence-electron chi connectivity index (χ1n) is 13.5. The second kappa shape index (κ2) is 14.1. The van der Waals surface area contributed by atoms with Crippen molar-refractivity contribution in [2.24, 2.45) is 5.92 Å². The van der Waals surface area contributed by atoms with Gasteiger partial charge in [0.2, 0.25) is 17.6 Å². The second-order valence-electron chi connectivity index (χ2n) is 10.3. The summed E-state index contributed by atoms with van der Waals surface area (Å²) in [6, 6.07) is 1.66. The molecule has 2 aliphatic rings. The van der Waals surface area contributed by atoms with Crippen LogP contribution in [0, 0.1) is 5.92 Å². The third-order valence-corrected chi connectivity index (χ3v) is 7.32. The highest BCUT2D eigenvalue weighted by atomic mass is 19.4. The first-order valence-corrected chi connectivity index (χ1v) is 13.5. The second-order valence-corrected chi connectivity index (χ2v) is 10.3. The number of rotatable bonds is 13. The van der Waals surface area contributed by atoms with E-state index in [9.17, 15) is 38.1 Å². The number of aliphatic hydroxyl groups excluding tert-OH is 3. The highest BCUT2D eigenvalue weighted by Crippen LogP contribution is 2.33. The number of hydrogen-bond donors (Lipinski definition) is 5. The number of piperidine rings is 1. The van der Waals surface area contributed by atoms with Crippen LogP contribution in [0.1, 0.15) is 57.2 Å². The van der Waals surface area contributed by atoms with Gasteiger partial charge in [0.15, 0.2) is 0 Å². The first kappa shape index (κ1) is 30.8. The molecule has 2 aliphatic heterocycles. The quantitative estimate of drug-likeness (QED) is 0.236. The maximum absolute atomic E-state index is 13.5. The minimum atomic E-state index is -4.62. The molecule has 0 atom stereocenters. The predicted molar refractivity (Wildman–Crippen MR) is 137 cm³/mol. The van der Waals surface area contributed by atoms with Gasteiger partial charge in [-0.1, -0.05) is 0 Å². The van der Waals surface area contributed by atoms with Gasteiger partial charge in [0, 0.05) is 51.6 Å². The van der Waals surface area contributed by atoms with E-state index in [1.807, 2.05) is 9.80 Å². The molecule has 3 heterocycles. The number of nitrogens with one attached hydrogen (secondary N) is 2. The number of anilines is 2. The van der Waals surface area contributed by atoms with Crippen LogP contribution in [0.15, 0.2) is 6.07 Å². The van der Waals surface area contributed by atoms with Crippen LogP contribution in [0.2, 0.25) is 0 Å². The predicted octanol–water partition coefficient (Wildman–Crippen LogP) is 0.821. The summed E-state index contributed by atoms with van der Waals surface area (Å²) in [7, 11) is 0. The topological polar surface area (TPSA) is 151 Å². The normalized spacial score (nSPS) is 17.0. The molecule has 1 aromatic heterocycles. The molecule has 14 heteroatoms. The minimum absolute atomic E-state index is 0.0650. The SMILES string of the molecule is O=C(CCCC1CCN(c2cc(N3CCCC3)nc(C(F)(F)F)n2)CC1)NCCC(=O)NC(CO)(CO)CO. The van der Waals surface area contributed by atoms with E-state index in [2.05, 4.69) is 20.6 Å². The molecule has 39 heavy (non-hydrogen) atoms. The lowest BCUT2D eigenvalue weighted by Gasteiger charge is -2.33. The van der Waals surface area contributed by atoms with E-state index in [0.29, 0.717) is 50.2 Å². The summed E-state index contributed by atoms with van der Waals surface area (Å²) >= 11 is 0. The van der Waals surface area contributed by atoms with Crippen LogP contribution >= 0.6 is 0 Å². The van der Waals surface area contributed by atoms with Crippen molar-refractivity contribution in [2.45, 2.75) is 63.1 Å². The van der Waals surface area contributed by atoms with E-state index < -0.39 is 43.3 Å². The number of aromatic nitrogens is 2. The van der Waals surface area contributed by atoms with Crippen LogP contribution in [0.25, 0.3) is 0 Å². The first-order chi connectivity index (χ1) is 18.6. The summed E-state index contributed by atoms with van der Waals surface area (Å²) in [5.74, 6) is -0.849. The Balaban J connectivity index is 1.39. The van der Waals surface area contributed by atoms with Gasteiger partial charge >= 0.3 is 6.18 Å².